The molecule has 1 fully saturated rings. The fourth-order valence-electron chi connectivity index (χ4n) is 10.9. The number of carbonyl (C=O) groups is 7. The fourth-order valence-corrected chi connectivity index (χ4v) is 11.3. The number of likely N-dealkylation sites (N-methyl/N-ethyl adjacent to an activating group) is 1. The van der Waals surface area contributed by atoms with E-state index in [2.05, 4.69) is 32.7 Å². The lowest BCUT2D eigenvalue weighted by Crippen LogP contribution is -2.62. The van der Waals surface area contributed by atoms with E-state index in [9.17, 15) is 24.0 Å². The summed E-state index contributed by atoms with van der Waals surface area (Å²) >= 11 is 1.44. The third kappa shape index (κ3) is 13.9. The monoisotopic (exact) mass is 1100 g/mol. The predicted octanol–water partition coefficient (Wildman–Crippen LogP) is 7.57. The van der Waals surface area contributed by atoms with Crippen molar-refractivity contribution in [3.05, 3.63) is 142 Å². The molecule has 1 saturated heterocycles. The highest BCUT2D eigenvalue weighted by Gasteiger charge is 2.48. The number of amides is 7. The molecular formula is C62H81FN8O7S. The summed E-state index contributed by atoms with van der Waals surface area (Å²) in [6.07, 6.45) is 5.31. The van der Waals surface area contributed by atoms with Crippen LogP contribution in [0.1, 0.15) is 144 Å². The molecule has 5 N–H and O–H groups in total. The van der Waals surface area contributed by atoms with Crippen LogP contribution in [0, 0.1) is 17.2 Å². The van der Waals surface area contributed by atoms with Crippen LogP contribution >= 0.6 is 11.8 Å². The standard InChI is InChI=1S/C62H81FN8O7S/c1-12-37(2)54(72)68-53(62(8,9)79-11)60(78)70-35-44-22-14-13-21-43(44)32-51(70)58(76)69(39(4)46-24-17-18-26-48(46)63)34-40-28-30-42(31-29-40)56(74)65-45-33-50(57(75)66-49-27-19-23-41-20-15-16-25-47(41)49)71(36-45)59(77)52(61(5,6)7)67-55(73)38(3)64-10/h13-18,20-22,24-26,28-31,37-39,45,49-53,64H,12,19,23,27,32-36H2,1-11H3,(H,65,74)(H,66,75)(H,67,73)(H,68,72)/t37-,38+,39-,45?,49?,50+,51+,52-,53-/m1/s1. The lowest BCUT2D eigenvalue weighted by molar-refractivity contribution is -0.151. The Balaban J connectivity index is 1.15. The number of benzene rings is 4. The van der Waals surface area contributed by atoms with Crippen LogP contribution < -0.4 is 26.6 Å². The second-order valence-corrected chi connectivity index (χ2v) is 24.7. The summed E-state index contributed by atoms with van der Waals surface area (Å²) in [6, 6.07) is 22.5. The van der Waals surface area contributed by atoms with Crippen molar-refractivity contribution in [2.75, 3.05) is 19.8 Å². The van der Waals surface area contributed by atoms with Crippen molar-refractivity contribution >= 4 is 53.1 Å². The van der Waals surface area contributed by atoms with Gasteiger partial charge in [0.05, 0.1) is 18.1 Å². The maximum Gasteiger partial charge on any atom is 0.251 e. The van der Waals surface area contributed by atoms with Crippen molar-refractivity contribution in [3.63, 3.8) is 0 Å². The van der Waals surface area contributed by atoms with Crippen molar-refractivity contribution in [2.45, 2.75) is 167 Å². The highest BCUT2D eigenvalue weighted by molar-refractivity contribution is 8.00. The molecule has 79 heavy (non-hydrogen) atoms. The number of hydrogen-bond acceptors (Lipinski definition) is 9. The fraction of sp³-hybridized carbons (Fsp3) is 0.500. The molecule has 2 unspecified atom stereocenters. The van der Waals surface area contributed by atoms with Crippen LogP contribution in [0.3, 0.4) is 0 Å². The van der Waals surface area contributed by atoms with Gasteiger partial charge in [0.15, 0.2) is 0 Å². The zero-order valence-corrected chi connectivity index (χ0v) is 48.6. The van der Waals surface area contributed by atoms with Crippen LogP contribution in [0.5, 0.6) is 0 Å². The minimum atomic E-state index is -1.02. The second-order valence-electron chi connectivity index (χ2n) is 23.3. The first-order valence-corrected chi connectivity index (χ1v) is 29.0. The molecule has 2 aliphatic heterocycles. The Bertz CT molecular complexity index is 2870. The highest BCUT2D eigenvalue weighted by atomic mass is 32.2. The predicted molar refractivity (Wildman–Crippen MR) is 307 cm³/mol. The maximum atomic E-state index is 15.8. The van der Waals surface area contributed by atoms with E-state index in [1.54, 1.807) is 73.2 Å². The van der Waals surface area contributed by atoms with Gasteiger partial charge in [-0.15, -0.1) is 0 Å². The molecule has 0 radical (unpaired) electrons. The average Bonchev–Trinajstić information content (AvgIpc) is 4.00. The molecule has 4 aromatic rings. The number of carbonyl (C=O) groups excluding carboxylic acids is 7. The minimum absolute atomic E-state index is 0.0125. The Morgan fingerprint density at radius 1 is 0.747 bits per heavy atom. The van der Waals surface area contributed by atoms with Crippen molar-refractivity contribution in [3.8, 4) is 0 Å². The zero-order valence-electron chi connectivity index (χ0n) is 47.8. The Kier molecular flexibility index (Phi) is 19.5. The summed E-state index contributed by atoms with van der Waals surface area (Å²) in [5.41, 5.74) is 4.46. The second kappa shape index (κ2) is 25.7. The molecular weight excluding hydrogens is 1020 g/mol. The summed E-state index contributed by atoms with van der Waals surface area (Å²) in [7, 11) is 1.66. The molecule has 0 spiro atoms. The summed E-state index contributed by atoms with van der Waals surface area (Å²) in [6.45, 7) is 16.7. The van der Waals surface area contributed by atoms with Crippen LogP contribution in [0.15, 0.2) is 97.1 Å². The Hall–Kier alpha value is -6.59. The first-order valence-electron chi connectivity index (χ1n) is 27.8. The van der Waals surface area contributed by atoms with Crippen LogP contribution in [-0.2, 0) is 54.7 Å². The molecule has 17 heteroatoms. The van der Waals surface area contributed by atoms with Gasteiger partial charge in [0.1, 0.15) is 30.0 Å². The summed E-state index contributed by atoms with van der Waals surface area (Å²) in [5, 5.41) is 15.2. The number of fused-ring (bicyclic) bond motifs is 2. The van der Waals surface area contributed by atoms with Crippen molar-refractivity contribution in [2.24, 2.45) is 11.3 Å². The number of likely N-dealkylation sites (tertiary alicyclic amines) is 1. The Morgan fingerprint density at radius 3 is 2.01 bits per heavy atom. The third-order valence-electron chi connectivity index (χ3n) is 16.4. The molecule has 1 aliphatic carbocycles. The van der Waals surface area contributed by atoms with Gasteiger partial charge in [-0.2, -0.15) is 11.8 Å². The van der Waals surface area contributed by atoms with E-state index in [0.29, 0.717) is 12.0 Å². The highest BCUT2D eigenvalue weighted by Crippen LogP contribution is 2.35. The number of halogens is 1. The number of hydrogen-bond donors (Lipinski definition) is 5. The number of nitrogens with one attached hydrogen (secondary N) is 5. The summed E-state index contributed by atoms with van der Waals surface area (Å²) in [5.74, 6) is -3.48. The van der Waals surface area contributed by atoms with E-state index in [1.807, 2.05) is 97.2 Å². The first kappa shape index (κ1) is 60.1. The lowest BCUT2D eigenvalue weighted by atomic mass is 9.85. The molecule has 0 bridgehead atoms. The number of nitrogens with zero attached hydrogens (tertiary/aromatic N) is 3. The van der Waals surface area contributed by atoms with Crippen molar-refractivity contribution in [1.29, 1.82) is 0 Å². The Labute approximate surface area is 470 Å². The van der Waals surface area contributed by atoms with Gasteiger partial charge in [-0.05, 0) is 125 Å². The van der Waals surface area contributed by atoms with E-state index < -0.39 is 81.9 Å². The molecule has 9 atom stereocenters. The normalized spacial score (nSPS) is 20.1. The molecule has 2 heterocycles. The summed E-state index contributed by atoms with van der Waals surface area (Å²) < 4.78 is 15.0. The van der Waals surface area contributed by atoms with E-state index in [1.165, 1.54) is 28.3 Å². The Morgan fingerprint density at radius 2 is 1.37 bits per heavy atom. The maximum absolute atomic E-state index is 15.8. The summed E-state index contributed by atoms with van der Waals surface area (Å²) in [4.78, 5) is 106. The van der Waals surface area contributed by atoms with Crippen LogP contribution in [-0.4, -0.2) is 117 Å². The minimum Gasteiger partial charge on any atom is -0.347 e. The van der Waals surface area contributed by atoms with Gasteiger partial charge in [0.2, 0.25) is 35.4 Å². The molecule has 0 aromatic heterocycles. The van der Waals surface area contributed by atoms with Gasteiger partial charge in [0, 0.05) is 53.9 Å². The number of aryl methyl sites for hydroxylation is 1. The largest absolute Gasteiger partial charge is 0.347 e. The van der Waals surface area contributed by atoms with Crippen molar-refractivity contribution in [1.82, 2.24) is 41.3 Å². The lowest BCUT2D eigenvalue weighted by Gasteiger charge is -2.44. The quantitative estimate of drug-likeness (QED) is 0.0631. The van der Waals surface area contributed by atoms with E-state index in [-0.39, 0.29) is 73.3 Å². The first-order chi connectivity index (χ1) is 37.5. The van der Waals surface area contributed by atoms with Gasteiger partial charge < -0.3 is 41.3 Å². The average molecular weight is 1100 g/mol. The molecule has 15 nitrogen and oxygen atoms in total. The molecule has 0 saturated carbocycles. The molecule has 424 valence electrons. The van der Waals surface area contributed by atoms with E-state index in [4.69, 9.17) is 0 Å². The van der Waals surface area contributed by atoms with Crippen LogP contribution in [0.25, 0.3) is 0 Å². The smallest absolute Gasteiger partial charge is 0.251 e. The van der Waals surface area contributed by atoms with Crippen molar-refractivity contribution < 1.29 is 38.0 Å². The third-order valence-corrected chi connectivity index (χ3v) is 17.7. The van der Waals surface area contributed by atoms with Gasteiger partial charge in [-0.25, -0.2) is 4.39 Å². The van der Waals surface area contributed by atoms with Gasteiger partial charge in [-0.3, -0.25) is 33.6 Å². The van der Waals surface area contributed by atoms with E-state index in [0.717, 1.165) is 36.0 Å². The molecule has 4 aromatic carbocycles. The topological polar surface area (TPSA) is 189 Å². The molecule has 7 amide bonds. The van der Waals surface area contributed by atoms with Gasteiger partial charge in [-0.1, -0.05) is 113 Å². The number of rotatable bonds is 19. The van der Waals surface area contributed by atoms with Crippen LogP contribution in [0.4, 0.5) is 4.39 Å². The van der Waals surface area contributed by atoms with Crippen LogP contribution in [0.2, 0.25) is 0 Å². The SMILES string of the molecule is CC[C@@H](C)C(=O)N[C@H](C(=O)N1Cc2ccccc2C[C@H]1C(=O)N(Cc1ccc(C(=O)NC2C[C@@H](C(=O)NC3CCCc4ccccc43)N(C(=O)[C@@H](NC(=O)[C@H](C)NC)C(C)(C)C)C2)cc1)[C@H](C)c1ccccc1F)C(C)(C)SC. The van der Waals surface area contributed by atoms with E-state index >= 15 is 14.0 Å². The number of thioether (sulfide) groups is 1. The van der Waals surface area contributed by atoms with Gasteiger partial charge >= 0.3 is 0 Å². The molecule has 7 rings (SSSR count). The molecule has 3 aliphatic rings. The van der Waals surface area contributed by atoms with Gasteiger partial charge in [0.25, 0.3) is 5.91 Å². The zero-order chi connectivity index (χ0) is 57.5.